The third-order valence-corrected chi connectivity index (χ3v) is 24.7. The molecule has 0 aromatic rings. The Labute approximate surface area is 712 Å². The lowest BCUT2D eigenvalue weighted by molar-refractivity contribution is -0.360. The van der Waals surface area contributed by atoms with Crippen LogP contribution in [0.2, 0.25) is 0 Å². The Hall–Kier alpha value is -2.79. The molecule has 25 nitrogen and oxygen atoms in total. The van der Waals surface area contributed by atoms with E-state index in [1.807, 2.05) is 0 Å². The second kappa shape index (κ2) is 70.4. The summed E-state index contributed by atoms with van der Waals surface area (Å²) in [7, 11) is -5.81. The van der Waals surface area contributed by atoms with Crippen molar-refractivity contribution in [2.45, 2.75) is 518 Å². The first-order valence-electron chi connectivity index (χ1n) is 47.8. The highest BCUT2D eigenvalue weighted by atomic mass is 31.2. The van der Waals surface area contributed by atoms with E-state index in [-0.39, 0.29) is 32.1 Å². The molecule has 1 saturated carbocycles. The summed E-state index contributed by atoms with van der Waals surface area (Å²) in [5.41, 5.74) is 0. The molecule has 0 aromatic carbocycles. The van der Waals surface area contributed by atoms with E-state index < -0.39 is 162 Å². The van der Waals surface area contributed by atoms with Crippen LogP contribution in [-0.4, -0.2) is 205 Å². The zero-order valence-corrected chi connectivity index (χ0v) is 75.0. The first-order chi connectivity index (χ1) is 57.1. The van der Waals surface area contributed by atoms with Crippen LogP contribution >= 0.6 is 7.82 Å². The average molecular weight is 1710 g/mol. The summed E-state index contributed by atoms with van der Waals surface area (Å²) >= 11 is 0. The molecule has 0 bridgehead atoms. The van der Waals surface area contributed by atoms with Crippen molar-refractivity contribution in [1.29, 1.82) is 0 Å². The number of esters is 4. The van der Waals surface area contributed by atoms with E-state index in [1.165, 1.54) is 193 Å². The zero-order chi connectivity index (χ0) is 86.2. The molecule has 3 aliphatic rings. The summed E-state index contributed by atoms with van der Waals surface area (Å²) < 4.78 is 73.5. The monoisotopic (exact) mass is 1710 g/mol. The number of unbranched alkanes of at least 4 members (excludes halogenated alkanes) is 47. The quantitative estimate of drug-likeness (QED) is 0.00889. The van der Waals surface area contributed by atoms with E-state index in [4.69, 9.17) is 46.9 Å². The summed E-state index contributed by atoms with van der Waals surface area (Å²) in [6.07, 6.45) is 27.8. The van der Waals surface area contributed by atoms with Crippen molar-refractivity contribution in [3.8, 4) is 0 Å². The fourth-order valence-electron chi connectivity index (χ4n) is 16.0. The number of phosphoric ester groups is 1. The fourth-order valence-corrected chi connectivity index (χ4v) is 16.9. The fraction of sp³-hybridized carbons (Fsp3) is 0.935. The summed E-state index contributed by atoms with van der Waals surface area (Å²) in [6.45, 7) is 7.93. The van der Waals surface area contributed by atoms with Crippen LogP contribution in [0.25, 0.3) is 0 Å². The predicted molar refractivity (Wildman–Crippen MR) is 458 cm³/mol. The maximum atomic E-state index is 14.9. The Morgan fingerprint density at radius 2 is 0.686 bits per heavy atom. The Kier molecular flexibility index (Phi) is 65.2. The Morgan fingerprint density at radius 3 is 1.10 bits per heavy atom. The first-order valence-corrected chi connectivity index (χ1v) is 49.3. The highest BCUT2D eigenvalue weighted by Gasteiger charge is 2.60. The highest BCUT2D eigenvalue weighted by molar-refractivity contribution is 7.47. The van der Waals surface area contributed by atoms with Gasteiger partial charge in [0.2, 0.25) is 0 Å². The van der Waals surface area contributed by atoms with Crippen LogP contribution < -0.4 is 0 Å². The predicted octanol–water partition coefficient (Wildman–Crippen LogP) is 17.8. The van der Waals surface area contributed by atoms with Crippen LogP contribution in [0.1, 0.15) is 413 Å². The van der Waals surface area contributed by atoms with Crippen molar-refractivity contribution in [2.24, 2.45) is 5.92 Å². The number of aliphatic hydroxyl groups excluding tert-OH is 9. The number of aliphatic hydroxyl groups is 9. The topological polar surface area (TPSA) is 380 Å². The summed E-state index contributed by atoms with van der Waals surface area (Å²) in [6, 6.07) is 0. The van der Waals surface area contributed by atoms with Gasteiger partial charge in [-0.1, -0.05) is 349 Å². The molecule has 118 heavy (non-hydrogen) atoms. The minimum atomic E-state index is -5.81. The second-order valence-corrected chi connectivity index (χ2v) is 35.9. The van der Waals surface area contributed by atoms with Gasteiger partial charge in [-0.05, 0) is 57.3 Å². The van der Waals surface area contributed by atoms with Crippen molar-refractivity contribution in [3.63, 3.8) is 0 Å². The molecule has 3 rings (SSSR count). The maximum Gasteiger partial charge on any atom is 0.472 e. The van der Waals surface area contributed by atoms with Gasteiger partial charge in [0.15, 0.2) is 24.8 Å². The number of allylic oxidation sites excluding steroid dienone is 2. The van der Waals surface area contributed by atoms with Crippen LogP contribution in [0, 0.1) is 5.92 Å². The molecule has 3 fully saturated rings. The van der Waals surface area contributed by atoms with Crippen LogP contribution in [0.4, 0.5) is 0 Å². The van der Waals surface area contributed by atoms with Crippen molar-refractivity contribution in [1.82, 2.24) is 0 Å². The smallest absolute Gasteiger partial charge is 0.463 e. The number of hydrogen-bond donors (Lipinski definition) is 10. The molecule has 2 aliphatic heterocycles. The summed E-state index contributed by atoms with van der Waals surface area (Å²) in [5, 5.41) is 102. The van der Waals surface area contributed by atoms with Crippen LogP contribution in [-0.2, 0) is 70.7 Å². The van der Waals surface area contributed by atoms with Crippen LogP contribution in [0.15, 0.2) is 12.2 Å². The molecule has 2 heterocycles. The molecule has 19 atom stereocenters. The standard InChI is InChI=1S/C92H171O25P/c1-6-10-14-18-22-25-28-31-33-36-38-41-44-51-57-63-75(94)108-68-72(111-77(96)65-59-54-48-47-50-56-62-71(5)61-55-49-21-17-13-9-4)69-110-118(106,107)117-90-88(115-91-85(104)81(100)79(98)73(67-93)112-91)84(103)83(102)87(114-78(97)66-60-53-46-43-40-35-30-27-24-20-16-12-8-3)89(90)116-92-86(105)82(101)80(99)74(113-92)70-109-76(95)64-58-52-45-42-39-37-34-32-29-26-23-19-15-11-7-2/h35,40,71-74,79-93,98-105H,6-34,36-39,41-70H2,1-5H3,(H,106,107)/b40-35-. The van der Waals surface area contributed by atoms with E-state index in [0.29, 0.717) is 38.0 Å². The number of ether oxygens (including phenoxy) is 8. The van der Waals surface area contributed by atoms with Crippen molar-refractivity contribution in [3.05, 3.63) is 12.2 Å². The van der Waals surface area contributed by atoms with Gasteiger partial charge in [-0.3, -0.25) is 28.2 Å². The second-order valence-electron chi connectivity index (χ2n) is 34.5. The lowest BCUT2D eigenvalue weighted by atomic mass is 9.84. The molecule has 26 heteroatoms. The van der Waals surface area contributed by atoms with E-state index in [1.54, 1.807) is 0 Å². The van der Waals surface area contributed by atoms with E-state index >= 15 is 0 Å². The normalized spacial score (nSPS) is 25.2. The summed E-state index contributed by atoms with van der Waals surface area (Å²) in [4.78, 5) is 66.5. The SMILES string of the molecule is CCCCCCCC/C=C\CCCCCC(=O)OC1C(O)C(O)C(OC2OC(CO)C(O)C(O)C2O)C(OP(=O)(O)OCC(COC(=O)CCCCCCCCCCCCCCCCC)OC(=O)CCCCCCCCC(C)CCCCCCCC)C1OC1OC(COC(=O)CCCCCCCCCCCCCCCCC)C(O)C(O)C1O. The van der Waals surface area contributed by atoms with Gasteiger partial charge in [-0.25, -0.2) is 4.57 Å². The minimum Gasteiger partial charge on any atom is -0.463 e. The molecule has 1 aliphatic carbocycles. The van der Waals surface area contributed by atoms with Gasteiger partial charge in [-0.15, -0.1) is 0 Å². The number of carbonyl (C=O) groups excluding carboxylic acids is 4. The molecule has 19 unspecified atom stereocenters. The third kappa shape index (κ3) is 50.4. The molecular weight excluding hydrogens is 1540 g/mol. The first kappa shape index (κ1) is 109. The molecule has 2 saturated heterocycles. The Balaban J connectivity index is 1.92. The number of carbonyl (C=O) groups is 4. The van der Waals surface area contributed by atoms with Gasteiger partial charge in [0.25, 0.3) is 0 Å². The Bertz CT molecular complexity index is 2520. The highest BCUT2D eigenvalue weighted by Crippen LogP contribution is 2.49. The third-order valence-electron chi connectivity index (χ3n) is 23.7. The molecular formula is C92H171O25P. The molecule has 10 N–H and O–H groups in total. The number of hydrogen-bond acceptors (Lipinski definition) is 24. The van der Waals surface area contributed by atoms with Gasteiger partial charge in [0.05, 0.1) is 13.2 Å². The van der Waals surface area contributed by atoms with Crippen molar-refractivity contribution in [2.75, 3.05) is 26.4 Å². The van der Waals surface area contributed by atoms with E-state index in [2.05, 4.69) is 46.8 Å². The van der Waals surface area contributed by atoms with Gasteiger partial charge < -0.3 is 88.7 Å². The summed E-state index contributed by atoms with van der Waals surface area (Å²) in [5.74, 6) is -2.30. The van der Waals surface area contributed by atoms with Crippen molar-refractivity contribution >= 4 is 31.7 Å². The van der Waals surface area contributed by atoms with E-state index in [0.717, 1.165) is 122 Å². The largest absolute Gasteiger partial charge is 0.472 e. The molecule has 0 amide bonds. The Morgan fingerprint density at radius 1 is 0.356 bits per heavy atom. The van der Waals surface area contributed by atoms with Gasteiger partial charge in [0, 0.05) is 25.7 Å². The van der Waals surface area contributed by atoms with Gasteiger partial charge in [0.1, 0.15) is 92.6 Å². The molecule has 0 aromatic heterocycles. The molecule has 694 valence electrons. The molecule has 0 radical (unpaired) electrons. The van der Waals surface area contributed by atoms with Crippen LogP contribution in [0.5, 0.6) is 0 Å². The maximum absolute atomic E-state index is 14.9. The zero-order valence-electron chi connectivity index (χ0n) is 74.1. The average Bonchev–Trinajstić information content (AvgIpc) is 0.754. The minimum absolute atomic E-state index is 0.0169. The van der Waals surface area contributed by atoms with Gasteiger partial charge >= 0.3 is 31.7 Å². The van der Waals surface area contributed by atoms with Crippen molar-refractivity contribution < 1.29 is 122 Å². The van der Waals surface area contributed by atoms with Crippen LogP contribution in [0.3, 0.4) is 0 Å². The number of rotatable bonds is 77. The lowest BCUT2D eigenvalue weighted by Gasteiger charge is -2.50. The number of phosphoric acid groups is 1. The molecule has 0 spiro atoms. The lowest BCUT2D eigenvalue weighted by Crippen LogP contribution is -2.70. The van der Waals surface area contributed by atoms with Gasteiger partial charge in [-0.2, -0.15) is 0 Å². The van der Waals surface area contributed by atoms with E-state index in [9.17, 15) is 74.6 Å².